The predicted molar refractivity (Wildman–Crippen MR) is 105 cm³/mol. The summed E-state index contributed by atoms with van der Waals surface area (Å²) in [6, 6.07) is 22.2. The number of hydrogen-bond acceptors (Lipinski definition) is 4. The summed E-state index contributed by atoms with van der Waals surface area (Å²) in [6.07, 6.45) is 0. The van der Waals surface area contributed by atoms with Gasteiger partial charge in [-0.25, -0.2) is 4.79 Å². The van der Waals surface area contributed by atoms with Gasteiger partial charge in [-0.3, -0.25) is 0 Å². The average molecular weight is 362 g/mol. The van der Waals surface area contributed by atoms with Gasteiger partial charge in [0.2, 0.25) is 0 Å². The molecule has 0 bridgehead atoms. The van der Waals surface area contributed by atoms with Gasteiger partial charge in [0.15, 0.2) is 0 Å². The van der Waals surface area contributed by atoms with E-state index >= 15 is 0 Å². The van der Waals surface area contributed by atoms with Crippen LogP contribution in [0.2, 0.25) is 0 Å². The molecule has 0 atom stereocenters. The molecule has 0 radical (unpaired) electrons. The Labute approximate surface area is 159 Å². The van der Waals surface area contributed by atoms with Crippen LogP contribution in [0.15, 0.2) is 72.8 Å². The summed E-state index contributed by atoms with van der Waals surface area (Å²) in [5.74, 6) is 1.67. The van der Waals surface area contributed by atoms with E-state index < -0.39 is 0 Å². The molecule has 4 nitrogen and oxygen atoms in total. The zero-order valence-electron chi connectivity index (χ0n) is 15.5. The second kappa shape index (κ2) is 8.90. The molecule has 0 N–H and O–H groups in total. The Morgan fingerprint density at radius 3 is 2.04 bits per heavy atom. The van der Waals surface area contributed by atoms with Crippen LogP contribution in [0, 0.1) is 13.8 Å². The quantitative estimate of drug-likeness (QED) is 0.338. The Bertz CT molecular complexity index is 886. The molecular weight excluding hydrogens is 340 g/mol. The van der Waals surface area contributed by atoms with Crippen LogP contribution in [-0.4, -0.2) is 19.2 Å². The summed E-state index contributed by atoms with van der Waals surface area (Å²) >= 11 is 0. The van der Waals surface area contributed by atoms with E-state index in [1.165, 1.54) is 0 Å². The summed E-state index contributed by atoms with van der Waals surface area (Å²) in [4.78, 5) is 12.3. The van der Waals surface area contributed by atoms with Gasteiger partial charge in [-0.05, 0) is 61.9 Å². The number of para-hydroxylation sites is 1. The van der Waals surface area contributed by atoms with Gasteiger partial charge < -0.3 is 14.2 Å². The van der Waals surface area contributed by atoms with Crippen molar-refractivity contribution < 1.29 is 19.0 Å². The number of ether oxygens (including phenoxy) is 3. The summed E-state index contributed by atoms with van der Waals surface area (Å²) in [7, 11) is 0. The van der Waals surface area contributed by atoms with E-state index in [9.17, 15) is 4.79 Å². The lowest BCUT2D eigenvalue weighted by atomic mass is 10.1. The maximum Gasteiger partial charge on any atom is 0.343 e. The highest BCUT2D eigenvalue weighted by Crippen LogP contribution is 2.21. The van der Waals surface area contributed by atoms with Crippen molar-refractivity contribution in [1.82, 2.24) is 0 Å². The van der Waals surface area contributed by atoms with Gasteiger partial charge in [0.25, 0.3) is 0 Å². The number of esters is 1. The number of rotatable bonds is 7. The lowest BCUT2D eigenvalue weighted by molar-refractivity contribution is 0.0733. The average Bonchev–Trinajstić information content (AvgIpc) is 2.69. The highest BCUT2D eigenvalue weighted by molar-refractivity contribution is 5.91. The van der Waals surface area contributed by atoms with Crippen LogP contribution in [0.25, 0.3) is 0 Å². The third kappa shape index (κ3) is 5.35. The molecule has 0 aliphatic rings. The third-order valence-electron chi connectivity index (χ3n) is 3.99. The Kier molecular flexibility index (Phi) is 6.10. The molecule has 3 aromatic carbocycles. The first kappa shape index (κ1) is 18.5. The van der Waals surface area contributed by atoms with Crippen molar-refractivity contribution in [2.75, 3.05) is 13.2 Å². The number of aryl methyl sites for hydroxylation is 2. The van der Waals surface area contributed by atoms with Crippen molar-refractivity contribution in [1.29, 1.82) is 0 Å². The Morgan fingerprint density at radius 2 is 1.41 bits per heavy atom. The van der Waals surface area contributed by atoms with E-state index in [4.69, 9.17) is 14.2 Å². The van der Waals surface area contributed by atoms with Gasteiger partial charge in [-0.15, -0.1) is 0 Å². The molecule has 138 valence electrons. The first-order valence-corrected chi connectivity index (χ1v) is 8.82. The Hall–Kier alpha value is -3.27. The van der Waals surface area contributed by atoms with Crippen molar-refractivity contribution in [2.45, 2.75) is 13.8 Å². The largest absolute Gasteiger partial charge is 0.490 e. The van der Waals surface area contributed by atoms with Crippen molar-refractivity contribution in [3.05, 3.63) is 89.5 Å². The van der Waals surface area contributed by atoms with Crippen molar-refractivity contribution in [2.24, 2.45) is 0 Å². The molecule has 3 rings (SSSR count). The number of carbonyl (C=O) groups is 1. The number of carbonyl (C=O) groups excluding carboxylic acids is 1. The zero-order chi connectivity index (χ0) is 19.1. The highest BCUT2D eigenvalue weighted by Gasteiger charge is 2.10. The maximum absolute atomic E-state index is 12.3. The second-order valence-electron chi connectivity index (χ2n) is 6.19. The topological polar surface area (TPSA) is 44.8 Å². The van der Waals surface area contributed by atoms with Crippen molar-refractivity contribution in [3.8, 4) is 17.2 Å². The highest BCUT2D eigenvalue weighted by atomic mass is 16.5. The van der Waals surface area contributed by atoms with E-state index in [1.54, 1.807) is 24.3 Å². The fourth-order valence-corrected chi connectivity index (χ4v) is 2.60. The molecule has 27 heavy (non-hydrogen) atoms. The molecule has 0 amide bonds. The molecule has 0 aliphatic carbocycles. The van der Waals surface area contributed by atoms with Crippen LogP contribution in [0.5, 0.6) is 17.2 Å². The number of benzene rings is 3. The molecule has 0 fully saturated rings. The van der Waals surface area contributed by atoms with Crippen LogP contribution in [0.3, 0.4) is 0 Å². The standard InChI is InChI=1S/C23H22O4/c1-17-8-13-22(18(2)16-17)27-23(24)19-9-11-21(12-10-19)26-15-14-25-20-6-4-3-5-7-20/h3-13,16H,14-15H2,1-2H3. The Morgan fingerprint density at radius 1 is 0.778 bits per heavy atom. The van der Waals surface area contributed by atoms with E-state index in [1.807, 2.05) is 62.4 Å². The minimum Gasteiger partial charge on any atom is -0.490 e. The molecule has 4 heteroatoms. The molecular formula is C23H22O4. The minimum absolute atomic E-state index is 0.388. The van der Waals surface area contributed by atoms with Crippen LogP contribution in [-0.2, 0) is 0 Å². The third-order valence-corrected chi connectivity index (χ3v) is 3.99. The van der Waals surface area contributed by atoms with Crippen LogP contribution in [0.4, 0.5) is 0 Å². The molecule has 3 aromatic rings. The van der Waals surface area contributed by atoms with Crippen molar-refractivity contribution in [3.63, 3.8) is 0 Å². The molecule has 0 aliphatic heterocycles. The monoisotopic (exact) mass is 362 g/mol. The SMILES string of the molecule is Cc1ccc(OC(=O)c2ccc(OCCOc3ccccc3)cc2)c(C)c1. The minimum atomic E-state index is -0.388. The van der Waals surface area contributed by atoms with E-state index in [-0.39, 0.29) is 5.97 Å². The Balaban J connectivity index is 1.49. The maximum atomic E-state index is 12.3. The van der Waals surface area contributed by atoms with Gasteiger partial charge in [-0.1, -0.05) is 35.9 Å². The molecule has 0 spiro atoms. The van der Waals surface area contributed by atoms with Crippen LogP contribution < -0.4 is 14.2 Å². The first-order chi connectivity index (χ1) is 13.1. The second-order valence-corrected chi connectivity index (χ2v) is 6.19. The van der Waals surface area contributed by atoms with Gasteiger partial charge in [0.05, 0.1) is 5.56 Å². The summed E-state index contributed by atoms with van der Waals surface area (Å²) in [6.45, 7) is 4.79. The fraction of sp³-hybridized carbons (Fsp3) is 0.174. The predicted octanol–water partition coefficient (Wildman–Crippen LogP) is 4.98. The fourth-order valence-electron chi connectivity index (χ4n) is 2.60. The molecule has 0 unspecified atom stereocenters. The summed E-state index contributed by atoms with van der Waals surface area (Å²) < 4.78 is 16.7. The van der Waals surface area contributed by atoms with Gasteiger partial charge in [0, 0.05) is 0 Å². The first-order valence-electron chi connectivity index (χ1n) is 8.82. The molecule has 0 saturated carbocycles. The van der Waals surface area contributed by atoms with E-state index in [2.05, 4.69) is 0 Å². The van der Waals surface area contributed by atoms with Crippen molar-refractivity contribution >= 4 is 5.97 Å². The number of hydrogen-bond donors (Lipinski definition) is 0. The lowest BCUT2D eigenvalue weighted by Gasteiger charge is -2.10. The van der Waals surface area contributed by atoms with E-state index in [0.29, 0.717) is 30.3 Å². The van der Waals surface area contributed by atoms with Gasteiger partial charge >= 0.3 is 5.97 Å². The van der Waals surface area contributed by atoms with Crippen LogP contribution >= 0.6 is 0 Å². The molecule has 0 aromatic heterocycles. The van der Waals surface area contributed by atoms with Gasteiger partial charge in [-0.2, -0.15) is 0 Å². The molecule has 0 saturated heterocycles. The van der Waals surface area contributed by atoms with Gasteiger partial charge in [0.1, 0.15) is 30.5 Å². The lowest BCUT2D eigenvalue weighted by Crippen LogP contribution is -2.10. The van der Waals surface area contributed by atoms with E-state index in [0.717, 1.165) is 16.9 Å². The molecule has 0 heterocycles. The van der Waals surface area contributed by atoms with Crippen LogP contribution in [0.1, 0.15) is 21.5 Å². The normalized spacial score (nSPS) is 10.3. The zero-order valence-corrected chi connectivity index (χ0v) is 15.5. The summed E-state index contributed by atoms with van der Waals surface area (Å²) in [5.41, 5.74) is 2.54. The summed E-state index contributed by atoms with van der Waals surface area (Å²) in [5, 5.41) is 0. The smallest absolute Gasteiger partial charge is 0.343 e.